The van der Waals surface area contributed by atoms with Gasteiger partial charge in [-0.05, 0) is 70.4 Å². The van der Waals surface area contributed by atoms with Crippen LogP contribution >= 0.6 is 15.9 Å². The number of imide groups is 2. The Balaban J connectivity index is 1.90. The SMILES string of the molecule is CCCOc1ccc(/C=C2\C(=O)NC(=O)N(c3ccc(C(=O)OC)cc3)C2=O)cc1Br. The van der Waals surface area contributed by atoms with Crippen LogP contribution in [0.5, 0.6) is 5.75 Å². The number of halogens is 1. The van der Waals surface area contributed by atoms with Crippen LogP contribution in [-0.2, 0) is 14.3 Å². The van der Waals surface area contributed by atoms with Crippen molar-refractivity contribution in [3.05, 3.63) is 63.6 Å². The number of rotatable bonds is 6. The summed E-state index contributed by atoms with van der Waals surface area (Å²) in [4.78, 5) is 50.0. The lowest BCUT2D eigenvalue weighted by Crippen LogP contribution is -2.54. The second-order valence-electron chi connectivity index (χ2n) is 6.53. The summed E-state index contributed by atoms with van der Waals surface area (Å²) in [5, 5.41) is 2.16. The number of hydrogen-bond donors (Lipinski definition) is 1. The lowest BCUT2D eigenvalue weighted by atomic mass is 10.1. The minimum Gasteiger partial charge on any atom is -0.492 e. The molecule has 1 saturated heterocycles. The number of methoxy groups -OCH3 is 1. The van der Waals surface area contributed by atoms with Gasteiger partial charge in [0.1, 0.15) is 11.3 Å². The largest absolute Gasteiger partial charge is 0.492 e. The van der Waals surface area contributed by atoms with Crippen molar-refractivity contribution in [2.24, 2.45) is 0 Å². The second-order valence-corrected chi connectivity index (χ2v) is 7.39. The van der Waals surface area contributed by atoms with Crippen molar-refractivity contribution in [1.82, 2.24) is 5.32 Å². The number of urea groups is 1. The highest BCUT2D eigenvalue weighted by Crippen LogP contribution is 2.28. The number of benzene rings is 2. The molecule has 0 bridgehead atoms. The van der Waals surface area contributed by atoms with Crippen LogP contribution in [0.25, 0.3) is 6.08 Å². The standard InChI is InChI=1S/C22H19BrN2O6/c1-3-10-31-18-9-4-13(12-17(18)23)11-16-19(26)24-22(29)25(20(16)27)15-7-5-14(6-8-15)21(28)30-2/h4-9,11-12H,3,10H2,1-2H3,(H,24,26,29)/b16-11+. The first-order chi connectivity index (χ1) is 14.8. The van der Waals surface area contributed by atoms with E-state index in [0.717, 1.165) is 11.3 Å². The first kappa shape index (κ1) is 22.2. The van der Waals surface area contributed by atoms with Crippen LogP contribution in [0.3, 0.4) is 0 Å². The van der Waals surface area contributed by atoms with Crippen LogP contribution in [0.2, 0.25) is 0 Å². The van der Waals surface area contributed by atoms with Gasteiger partial charge in [0.25, 0.3) is 11.8 Å². The third-order valence-electron chi connectivity index (χ3n) is 4.38. The summed E-state index contributed by atoms with van der Waals surface area (Å²) in [6.07, 6.45) is 2.26. The highest BCUT2D eigenvalue weighted by Gasteiger charge is 2.36. The quantitative estimate of drug-likeness (QED) is 0.379. The lowest BCUT2D eigenvalue weighted by molar-refractivity contribution is -0.122. The van der Waals surface area contributed by atoms with Crippen LogP contribution in [-0.4, -0.2) is 37.5 Å². The number of anilines is 1. The second kappa shape index (κ2) is 9.57. The number of carbonyl (C=O) groups is 4. The zero-order valence-corrected chi connectivity index (χ0v) is 18.4. The average molecular weight is 487 g/mol. The molecule has 0 atom stereocenters. The van der Waals surface area contributed by atoms with Gasteiger partial charge in [0, 0.05) is 0 Å². The van der Waals surface area contributed by atoms with Crippen molar-refractivity contribution < 1.29 is 28.7 Å². The summed E-state index contributed by atoms with van der Waals surface area (Å²) < 4.78 is 10.9. The maximum Gasteiger partial charge on any atom is 0.337 e. The summed E-state index contributed by atoms with van der Waals surface area (Å²) in [6, 6.07) is 9.97. The molecule has 160 valence electrons. The molecule has 1 heterocycles. The molecule has 1 fully saturated rings. The van der Waals surface area contributed by atoms with Gasteiger partial charge in [0.05, 0.1) is 29.4 Å². The van der Waals surface area contributed by atoms with E-state index >= 15 is 0 Å². The Morgan fingerprint density at radius 3 is 2.45 bits per heavy atom. The fraction of sp³-hybridized carbons (Fsp3) is 0.182. The molecule has 9 heteroatoms. The molecule has 0 spiro atoms. The number of carbonyl (C=O) groups excluding carboxylic acids is 4. The Labute approximate surface area is 186 Å². The van der Waals surface area contributed by atoms with Crippen LogP contribution in [0.1, 0.15) is 29.3 Å². The molecule has 4 amide bonds. The summed E-state index contributed by atoms with van der Waals surface area (Å²) >= 11 is 3.41. The van der Waals surface area contributed by atoms with Gasteiger partial charge in [0.2, 0.25) is 0 Å². The predicted molar refractivity (Wildman–Crippen MR) is 117 cm³/mol. The molecular formula is C22H19BrN2O6. The smallest absolute Gasteiger partial charge is 0.337 e. The highest BCUT2D eigenvalue weighted by molar-refractivity contribution is 9.10. The Morgan fingerprint density at radius 1 is 1.13 bits per heavy atom. The summed E-state index contributed by atoms with van der Waals surface area (Å²) in [5.74, 6) is -1.47. The monoisotopic (exact) mass is 486 g/mol. The topological polar surface area (TPSA) is 102 Å². The van der Waals surface area contributed by atoms with Crippen molar-refractivity contribution in [3.63, 3.8) is 0 Å². The van der Waals surface area contributed by atoms with Gasteiger partial charge in [-0.2, -0.15) is 0 Å². The molecule has 8 nitrogen and oxygen atoms in total. The zero-order valence-electron chi connectivity index (χ0n) is 16.8. The third-order valence-corrected chi connectivity index (χ3v) is 5.00. The van der Waals surface area contributed by atoms with E-state index in [9.17, 15) is 19.2 Å². The van der Waals surface area contributed by atoms with E-state index in [1.54, 1.807) is 18.2 Å². The van der Waals surface area contributed by atoms with Gasteiger partial charge >= 0.3 is 12.0 Å². The molecule has 0 aromatic heterocycles. The third kappa shape index (κ3) is 4.83. The molecule has 2 aromatic rings. The maximum atomic E-state index is 13.0. The van der Waals surface area contributed by atoms with Crippen molar-refractivity contribution >= 4 is 51.5 Å². The van der Waals surface area contributed by atoms with Gasteiger partial charge in [-0.3, -0.25) is 14.9 Å². The van der Waals surface area contributed by atoms with Crippen LogP contribution in [0, 0.1) is 0 Å². The van der Waals surface area contributed by atoms with E-state index in [4.69, 9.17) is 4.74 Å². The van der Waals surface area contributed by atoms with Gasteiger partial charge in [0.15, 0.2) is 0 Å². The molecule has 1 N–H and O–H groups in total. The zero-order chi connectivity index (χ0) is 22.5. The van der Waals surface area contributed by atoms with Gasteiger partial charge in [-0.15, -0.1) is 0 Å². The van der Waals surface area contributed by atoms with E-state index in [-0.39, 0.29) is 16.8 Å². The molecule has 3 rings (SSSR count). The number of barbiturate groups is 1. The Kier molecular flexibility index (Phi) is 6.86. The molecule has 31 heavy (non-hydrogen) atoms. The first-order valence-electron chi connectivity index (χ1n) is 9.38. The number of amides is 4. The van der Waals surface area contributed by atoms with E-state index < -0.39 is 23.8 Å². The Bertz CT molecular complexity index is 1080. The Morgan fingerprint density at radius 2 is 1.84 bits per heavy atom. The van der Waals surface area contributed by atoms with E-state index in [1.807, 2.05) is 6.92 Å². The van der Waals surface area contributed by atoms with Crippen molar-refractivity contribution in [2.75, 3.05) is 18.6 Å². The van der Waals surface area contributed by atoms with Crippen LogP contribution in [0.15, 0.2) is 52.5 Å². The van der Waals surface area contributed by atoms with E-state index in [2.05, 4.69) is 26.0 Å². The summed E-state index contributed by atoms with van der Waals surface area (Å²) in [7, 11) is 1.25. The minimum absolute atomic E-state index is 0.203. The minimum atomic E-state index is -0.873. The predicted octanol–water partition coefficient (Wildman–Crippen LogP) is 3.69. The molecule has 1 aliphatic rings. The number of hydrogen-bond acceptors (Lipinski definition) is 6. The first-order valence-corrected chi connectivity index (χ1v) is 10.2. The average Bonchev–Trinajstić information content (AvgIpc) is 2.76. The number of nitrogens with one attached hydrogen (secondary N) is 1. The number of ether oxygens (including phenoxy) is 2. The Hall–Kier alpha value is -3.46. The van der Waals surface area contributed by atoms with E-state index in [1.165, 1.54) is 37.5 Å². The maximum absolute atomic E-state index is 13.0. The molecule has 0 unspecified atom stereocenters. The lowest BCUT2D eigenvalue weighted by Gasteiger charge is -2.26. The van der Waals surface area contributed by atoms with Gasteiger partial charge in [-0.1, -0.05) is 13.0 Å². The van der Waals surface area contributed by atoms with Crippen molar-refractivity contribution in [3.8, 4) is 5.75 Å². The van der Waals surface area contributed by atoms with E-state index in [0.29, 0.717) is 22.4 Å². The fourth-order valence-corrected chi connectivity index (χ4v) is 3.37. The van der Waals surface area contributed by atoms with Crippen LogP contribution < -0.4 is 15.0 Å². The van der Waals surface area contributed by atoms with Crippen molar-refractivity contribution in [2.45, 2.75) is 13.3 Å². The van der Waals surface area contributed by atoms with Crippen molar-refractivity contribution in [1.29, 1.82) is 0 Å². The fourth-order valence-electron chi connectivity index (χ4n) is 2.86. The number of esters is 1. The molecular weight excluding hydrogens is 468 g/mol. The highest BCUT2D eigenvalue weighted by atomic mass is 79.9. The van der Waals surface area contributed by atoms with Crippen LogP contribution in [0.4, 0.5) is 10.5 Å². The van der Waals surface area contributed by atoms with Gasteiger partial charge < -0.3 is 9.47 Å². The molecule has 0 aliphatic carbocycles. The summed E-state index contributed by atoms with van der Waals surface area (Å²) in [6.45, 7) is 2.56. The normalized spacial score (nSPS) is 15.1. The molecule has 0 saturated carbocycles. The number of nitrogens with zero attached hydrogens (tertiary/aromatic N) is 1. The molecule has 2 aromatic carbocycles. The molecule has 1 aliphatic heterocycles. The molecule has 0 radical (unpaired) electrons. The summed E-state index contributed by atoms with van der Waals surface area (Å²) in [5.41, 5.74) is 0.839. The van der Waals surface area contributed by atoms with Gasteiger partial charge in [-0.25, -0.2) is 14.5 Å².